The van der Waals surface area contributed by atoms with Gasteiger partial charge in [-0.2, -0.15) is 0 Å². The van der Waals surface area contributed by atoms with Crippen LogP contribution in [0.15, 0.2) is 0 Å². The average molecular weight is 594 g/mol. The second kappa shape index (κ2) is 24.7. The van der Waals surface area contributed by atoms with Crippen molar-refractivity contribution in [2.75, 3.05) is 0 Å². The first-order chi connectivity index (χ1) is 0. The zero-order valence-electron chi connectivity index (χ0n) is 2.36. The standard InChI is InChI=1S/Hf.Nb.Ti.W.Zr. The molecule has 0 amide bonds. The predicted molar refractivity (Wildman–Crippen MR) is 0 cm³/mol. The minimum absolute atomic E-state index is 0. The van der Waals surface area contributed by atoms with Crippen molar-refractivity contribution < 1.29 is 117 Å². The Balaban J connectivity index is 0. The average Bonchev–Trinajstić information content (AvgIpc) is 0. The van der Waals surface area contributed by atoms with Crippen LogP contribution in [0.2, 0.25) is 0 Å². The summed E-state index contributed by atoms with van der Waals surface area (Å²) in [5.41, 5.74) is 0. The normalized spacial score (nSPS) is 0. The first-order valence-electron chi connectivity index (χ1n) is 0. The zero-order valence-corrected chi connectivity index (χ0v) is 15.1. The van der Waals surface area contributed by atoms with E-state index in [0.717, 1.165) is 0 Å². The van der Waals surface area contributed by atoms with Gasteiger partial charge in [0.2, 0.25) is 0 Å². The molecule has 0 spiro atoms. The van der Waals surface area contributed by atoms with E-state index in [4.69, 9.17) is 0 Å². The first-order valence-corrected chi connectivity index (χ1v) is 0. The third-order valence-electron chi connectivity index (χ3n) is 0. The van der Waals surface area contributed by atoms with E-state index in [1.165, 1.54) is 0 Å². The van der Waals surface area contributed by atoms with E-state index in [9.17, 15) is 0 Å². The molecule has 0 aliphatic carbocycles. The van der Waals surface area contributed by atoms with E-state index in [-0.39, 0.29) is 117 Å². The van der Waals surface area contributed by atoms with Crippen LogP contribution in [0, 0.1) is 0 Å². The van der Waals surface area contributed by atoms with Crippen LogP contribution >= 0.6 is 0 Å². The van der Waals surface area contributed by atoms with Crippen molar-refractivity contribution in [3.05, 3.63) is 0 Å². The molecule has 0 aromatic heterocycles. The summed E-state index contributed by atoms with van der Waals surface area (Å²) in [4.78, 5) is 0. The van der Waals surface area contributed by atoms with Crippen molar-refractivity contribution in [2.45, 2.75) is 0 Å². The van der Waals surface area contributed by atoms with Gasteiger partial charge in [0.1, 0.15) is 0 Å². The van der Waals surface area contributed by atoms with Crippen molar-refractivity contribution in [1.82, 2.24) is 0 Å². The summed E-state index contributed by atoms with van der Waals surface area (Å²) in [5, 5.41) is 0. The van der Waals surface area contributed by atoms with E-state index in [1.54, 1.807) is 0 Å². The summed E-state index contributed by atoms with van der Waals surface area (Å²) >= 11 is 0. The molecule has 0 bridgehead atoms. The van der Waals surface area contributed by atoms with Crippen molar-refractivity contribution in [2.24, 2.45) is 0 Å². The fourth-order valence-corrected chi connectivity index (χ4v) is 0. The van der Waals surface area contributed by atoms with Gasteiger partial charge in [0.15, 0.2) is 0 Å². The molecule has 5 heteroatoms. The first kappa shape index (κ1) is 36.5. The van der Waals surface area contributed by atoms with E-state index < -0.39 is 0 Å². The SMILES string of the molecule is [Hf].[Nb].[Ti].[W].[Zr]. The summed E-state index contributed by atoms with van der Waals surface area (Å²) in [6.45, 7) is 0. The fourth-order valence-electron chi connectivity index (χ4n) is 0. The van der Waals surface area contributed by atoms with Gasteiger partial charge in [0.25, 0.3) is 0 Å². The van der Waals surface area contributed by atoms with E-state index >= 15 is 0 Å². The van der Waals surface area contributed by atoms with E-state index in [2.05, 4.69) is 0 Å². The summed E-state index contributed by atoms with van der Waals surface area (Å²) in [6.07, 6.45) is 0. The molecule has 0 aliphatic heterocycles. The van der Waals surface area contributed by atoms with Gasteiger partial charge in [0.05, 0.1) is 0 Å². The molecule has 1 radical (unpaired) electrons. The molecule has 0 saturated heterocycles. The Labute approximate surface area is 115 Å². The minimum Gasteiger partial charge on any atom is 0 e. The molecule has 0 N–H and O–H groups in total. The van der Waals surface area contributed by atoms with Crippen LogP contribution in [0.3, 0.4) is 0 Å². The van der Waals surface area contributed by atoms with Gasteiger partial charge in [-0.25, -0.2) is 0 Å². The molecule has 0 aromatic rings. The maximum Gasteiger partial charge on any atom is 0 e. The Hall–Kier alpha value is 3.90. The van der Waals surface area contributed by atoms with Gasteiger partial charge in [-0.05, 0) is 0 Å². The second-order valence-corrected chi connectivity index (χ2v) is 0. The van der Waals surface area contributed by atoms with Gasteiger partial charge in [-0.1, -0.05) is 0 Å². The molecular weight excluding hydrogens is 594 g/mol. The van der Waals surface area contributed by atoms with E-state index in [0.29, 0.717) is 0 Å². The molecule has 0 heterocycles. The topological polar surface area (TPSA) is 0 Å². The Kier molecular flexibility index (Phi) is 181. The molecule has 0 rings (SSSR count). The molecule has 0 fully saturated rings. The quantitative estimate of drug-likeness (QED) is 0.347. The van der Waals surface area contributed by atoms with Crippen molar-refractivity contribution in [3.63, 3.8) is 0 Å². The largest absolute Gasteiger partial charge is 0 e. The zero-order chi connectivity index (χ0) is 0. The molecule has 0 aromatic carbocycles. The molecule has 0 atom stereocenters. The van der Waals surface area contributed by atoms with Crippen LogP contribution < -0.4 is 0 Å². The molecule has 0 nitrogen and oxygen atoms in total. The molecule has 0 unspecified atom stereocenters. The molecule has 5 heavy (non-hydrogen) atoms. The van der Waals surface area contributed by atoms with Gasteiger partial charge in [-0.3, -0.25) is 0 Å². The minimum atomic E-state index is 0. The maximum atomic E-state index is 0. The summed E-state index contributed by atoms with van der Waals surface area (Å²) < 4.78 is 0. The third kappa shape index (κ3) is 18.1. The Morgan fingerprint density at radius 2 is 1.00 bits per heavy atom. The van der Waals surface area contributed by atoms with Crippen molar-refractivity contribution in [3.8, 4) is 0 Å². The van der Waals surface area contributed by atoms with Crippen LogP contribution in [0.5, 0.6) is 0 Å². The summed E-state index contributed by atoms with van der Waals surface area (Å²) in [6, 6.07) is 0. The second-order valence-electron chi connectivity index (χ2n) is 0. The summed E-state index contributed by atoms with van der Waals surface area (Å²) in [5.74, 6) is 0. The van der Waals surface area contributed by atoms with Crippen LogP contribution in [0.1, 0.15) is 0 Å². The Morgan fingerprint density at radius 1 is 1.00 bits per heavy atom. The molecule has 0 saturated carbocycles. The Morgan fingerprint density at radius 3 is 1.00 bits per heavy atom. The number of hydrogen-bond acceptors (Lipinski definition) is 0. The van der Waals surface area contributed by atoms with Crippen molar-refractivity contribution >= 4 is 0 Å². The molecule has 23 valence electrons. The third-order valence-corrected chi connectivity index (χ3v) is 0. The van der Waals surface area contributed by atoms with Gasteiger partial charge in [-0.15, -0.1) is 0 Å². The van der Waals surface area contributed by atoms with Crippen LogP contribution in [-0.2, 0) is 117 Å². The molecular formula is HfNbTiWZr. The van der Waals surface area contributed by atoms with Gasteiger partial charge >= 0.3 is 0 Å². The van der Waals surface area contributed by atoms with E-state index in [1.807, 2.05) is 0 Å². The number of rotatable bonds is 0. The van der Waals surface area contributed by atoms with Gasteiger partial charge in [0, 0.05) is 117 Å². The Bertz CT molecular complexity index is 11.6. The number of hydrogen-bond donors (Lipinski definition) is 0. The van der Waals surface area contributed by atoms with Crippen LogP contribution in [-0.4, -0.2) is 0 Å². The monoisotopic (exact) mass is 595 g/mol. The van der Waals surface area contributed by atoms with Crippen molar-refractivity contribution in [1.29, 1.82) is 0 Å². The van der Waals surface area contributed by atoms with Gasteiger partial charge < -0.3 is 0 Å². The summed E-state index contributed by atoms with van der Waals surface area (Å²) in [7, 11) is 0. The smallest absolute Gasteiger partial charge is 0 e. The predicted octanol–water partition coefficient (Wildman–Crippen LogP) is -0.0125. The van der Waals surface area contributed by atoms with Crippen LogP contribution in [0.25, 0.3) is 0 Å². The fraction of sp³-hybridized carbons (Fsp3) is 0. The molecule has 0 aliphatic rings. The maximum absolute atomic E-state index is 0. The van der Waals surface area contributed by atoms with Crippen LogP contribution in [0.4, 0.5) is 0 Å².